The molecule has 8 heteroatoms. The molecule has 1 aliphatic carbocycles. The van der Waals surface area contributed by atoms with Crippen molar-refractivity contribution in [2.75, 3.05) is 0 Å². The summed E-state index contributed by atoms with van der Waals surface area (Å²) < 4.78 is 1.86. The highest BCUT2D eigenvalue weighted by atomic mass is 16.2. The van der Waals surface area contributed by atoms with Crippen molar-refractivity contribution in [3.63, 3.8) is 0 Å². The molecule has 3 aromatic rings. The highest BCUT2D eigenvalue weighted by Gasteiger charge is 2.49. The van der Waals surface area contributed by atoms with E-state index in [1.165, 1.54) is 11.1 Å². The van der Waals surface area contributed by atoms with Gasteiger partial charge >= 0.3 is 0 Å². The van der Waals surface area contributed by atoms with Crippen LogP contribution >= 0.6 is 0 Å². The van der Waals surface area contributed by atoms with Gasteiger partial charge in [0.05, 0.1) is 6.33 Å². The highest BCUT2D eigenvalue weighted by Crippen LogP contribution is 2.36. The third-order valence-corrected chi connectivity index (χ3v) is 7.72. The number of carbonyl (C=O) groups excluding carboxylic acids is 3. The van der Waals surface area contributed by atoms with Crippen LogP contribution in [0, 0.1) is 11.8 Å². The van der Waals surface area contributed by atoms with E-state index in [-0.39, 0.29) is 29.6 Å². The Morgan fingerprint density at radius 3 is 2.38 bits per heavy atom. The van der Waals surface area contributed by atoms with Crippen molar-refractivity contribution in [1.29, 1.82) is 0 Å². The van der Waals surface area contributed by atoms with Gasteiger partial charge in [-0.15, -0.1) is 0 Å². The number of hydrogen-bond acceptors (Lipinski definition) is 4. The number of hydrogen-bond donors (Lipinski definition) is 2. The number of fused-ring (bicyclic) bond motifs is 1. The second-order valence-corrected chi connectivity index (χ2v) is 12.5. The summed E-state index contributed by atoms with van der Waals surface area (Å²) in [7, 11) is 0. The maximum atomic E-state index is 14.5. The minimum atomic E-state index is -0.976. The van der Waals surface area contributed by atoms with Crippen molar-refractivity contribution >= 4 is 17.7 Å². The summed E-state index contributed by atoms with van der Waals surface area (Å²) in [6, 6.07) is 13.3. The zero-order valence-corrected chi connectivity index (χ0v) is 23.9. The summed E-state index contributed by atoms with van der Waals surface area (Å²) in [6.07, 6.45) is 7.10. The number of carbonyl (C=O) groups is 3. The van der Waals surface area contributed by atoms with E-state index in [1.807, 2.05) is 81.8 Å². The van der Waals surface area contributed by atoms with Gasteiger partial charge in [-0.05, 0) is 80.7 Å². The van der Waals surface area contributed by atoms with Crippen molar-refractivity contribution < 1.29 is 14.4 Å². The van der Waals surface area contributed by atoms with Crippen molar-refractivity contribution in [3.8, 4) is 5.69 Å². The quantitative estimate of drug-likeness (QED) is 0.473. The normalized spacial score (nSPS) is 20.4. The molecule has 1 saturated heterocycles. The average molecular weight is 542 g/mol. The van der Waals surface area contributed by atoms with Crippen LogP contribution in [0.2, 0.25) is 0 Å². The van der Waals surface area contributed by atoms with Gasteiger partial charge in [0.25, 0.3) is 0 Å². The molecule has 3 amide bonds. The first-order chi connectivity index (χ1) is 19.0. The minimum absolute atomic E-state index is 0.0695. The Hall–Kier alpha value is -3.94. The zero-order chi connectivity index (χ0) is 28.6. The predicted molar refractivity (Wildman–Crippen MR) is 154 cm³/mol. The molecule has 0 saturated carbocycles. The molecule has 210 valence electrons. The zero-order valence-electron chi connectivity index (χ0n) is 23.9. The number of nitrogens with zero attached hydrogens (tertiary/aromatic N) is 3. The number of benzene rings is 2. The van der Waals surface area contributed by atoms with E-state index in [9.17, 15) is 14.4 Å². The van der Waals surface area contributed by atoms with Crippen LogP contribution in [-0.2, 0) is 27.2 Å². The second-order valence-electron chi connectivity index (χ2n) is 12.5. The van der Waals surface area contributed by atoms with Gasteiger partial charge in [0.1, 0.15) is 18.1 Å². The minimum Gasteiger partial charge on any atom is -0.349 e. The summed E-state index contributed by atoms with van der Waals surface area (Å²) >= 11 is 0. The highest BCUT2D eigenvalue weighted by molar-refractivity contribution is 6.00. The SMILES string of the molecule is CC(C)CC1C(=O)NC(C2Cc3ccccc3C2)C(=O)N1C(C(=O)NC(C)(C)C)c1cccc(-n2ccnc2)c1. The summed E-state index contributed by atoms with van der Waals surface area (Å²) in [5, 5.41) is 6.17. The van der Waals surface area contributed by atoms with E-state index in [0.717, 1.165) is 5.69 Å². The summed E-state index contributed by atoms with van der Waals surface area (Å²) in [4.78, 5) is 48.1. The van der Waals surface area contributed by atoms with Crippen LogP contribution in [0.4, 0.5) is 0 Å². The van der Waals surface area contributed by atoms with Crippen LogP contribution < -0.4 is 10.6 Å². The van der Waals surface area contributed by atoms with E-state index in [1.54, 1.807) is 17.4 Å². The Kier molecular flexibility index (Phi) is 7.53. The number of aromatic nitrogens is 2. The molecule has 2 aliphatic rings. The van der Waals surface area contributed by atoms with Crippen LogP contribution in [0.5, 0.6) is 0 Å². The fourth-order valence-corrected chi connectivity index (χ4v) is 6.02. The van der Waals surface area contributed by atoms with E-state index < -0.39 is 23.7 Å². The van der Waals surface area contributed by atoms with Gasteiger partial charge < -0.3 is 20.1 Å². The molecule has 0 spiro atoms. The lowest BCUT2D eigenvalue weighted by molar-refractivity contribution is -0.158. The van der Waals surface area contributed by atoms with Crippen molar-refractivity contribution in [1.82, 2.24) is 25.1 Å². The standard InChI is InChI=1S/C32H39N5O3/c1-20(2)15-26-29(38)34-27(24-16-21-9-6-7-10-22(21)17-24)31(40)37(26)28(30(39)35-32(3,4)5)23-11-8-12-25(18-23)36-14-13-33-19-36/h6-14,18-20,24,26-28H,15-17H2,1-5H3,(H,34,38)(H,35,39). The summed E-state index contributed by atoms with van der Waals surface area (Å²) in [5.74, 6) is -0.638. The molecule has 0 radical (unpaired) electrons. The number of imidazole rings is 1. The lowest BCUT2D eigenvalue weighted by Gasteiger charge is -2.45. The Morgan fingerprint density at radius 1 is 1.07 bits per heavy atom. The third kappa shape index (κ3) is 5.67. The molecular formula is C32H39N5O3. The number of amides is 3. The molecule has 2 aromatic carbocycles. The van der Waals surface area contributed by atoms with Gasteiger partial charge in [0, 0.05) is 23.6 Å². The molecular weight excluding hydrogens is 502 g/mol. The van der Waals surface area contributed by atoms with E-state index in [2.05, 4.69) is 27.8 Å². The topological polar surface area (TPSA) is 96.3 Å². The number of nitrogens with one attached hydrogen (secondary N) is 2. The molecule has 8 nitrogen and oxygen atoms in total. The summed E-state index contributed by atoms with van der Waals surface area (Å²) in [5.41, 5.74) is 3.36. The van der Waals surface area contributed by atoms with Crippen LogP contribution in [-0.4, -0.2) is 49.8 Å². The molecule has 40 heavy (non-hydrogen) atoms. The van der Waals surface area contributed by atoms with Crippen LogP contribution in [0.1, 0.15) is 63.8 Å². The first kappa shape index (κ1) is 27.6. The molecule has 1 aromatic heterocycles. The van der Waals surface area contributed by atoms with E-state index >= 15 is 0 Å². The van der Waals surface area contributed by atoms with Gasteiger partial charge in [-0.3, -0.25) is 14.4 Å². The van der Waals surface area contributed by atoms with Crippen molar-refractivity contribution in [2.45, 2.75) is 77.5 Å². The van der Waals surface area contributed by atoms with Gasteiger partial charge in [-0.25, -0.2) is 4.98 Å². The predicted octanol–water partition coefficient (Wildman–Crippen LogP) is 3.98. The monoisotopic (exact) mass is 541 g/mol. The van der Waals surface area contributed by atoms with Crippen molar-refractivity contribution in [2.24, 2.45) is 11.8 Å². The summed E-state index contributed by atoms with van der Waals surface area (Å²) in [6.45, 7) is 9.80. The Morgan fingerprint density at radius 2 is 1.77 bits per heavy atom. The lowest BCUT2D eigenvalue weighted by Crippen LogP contribution is -2.67. The van der Waals surface area contributed by atoms with Crippen LogP contribution in [0.25, 0.3) is 5.69 Å². The number of piperazine rings is 1. The fraction of sp³-hybridized carbons (Fsp3) is 0.438. The molecule has 0 bridgehead atoms. The second kappa shape index (κ2) is 10.9. The first-order valence-corrected chi connectivity index (χ1v) is 14.1. The van der Waals surface area contributed by atoms with Crippen LogP contribution in [0.3, 0.4) is 0 Å². The smallest absolute Gasteiger partial charge is 0.247 e. The first-order valence-electron chi connectivity index (χ1n) is 14.1. The largest absolute Gasteiger partial charge is 0.349 e. The molecule has 5 rings (SSSR count). The van der Waals surface area contributed by atoms with Crippen LogP contribution in [0.15, 0.2) is 67.3 Å². The Balaban J connectivity index is 1.58. The fourth-order valence-electron chi connectivity index (χ4n) is 6.02. The molecule has 1 fully saturated rings. The molecule has 2 heterocycles. The van der Waals surface area contributed by atoms with E-state index in [4.69, 9.17) is 0 Å². The Labute approximate surface area is 236 Å². The van der Waals surface area contributed by atoms with Gasteiger partial charge in [0.15, 0.2) is 0 Å². The van der Waals surface area contributed by atoms with Gasteiger partial charge in [-0.1, -0.05) is 50.2 Å². The Bertz CT molecular complexity index is 1370. The lowest BCUT2D eigenvalue weighted by atomic mass is 9.87. The van der Waals surface area contributed by atoms with Gasteiger partial charge in [-0.2, -0.15) is 0 Å². The molecule has 2 N–H and O–H groups in total. The molecule has 3 unspecified atom stereocenters. The average Bonchev–Trinajstić information content (AvgIpc) is 3.57. The maximum absolute atomic E-state index is 14.5. The maximum Gasteiger partial charge on any atom is 0.247 e. The van der Waals surface area contributed by atoms with E-state index in [0.29, 0.717) is 24.8 Å². The third-order valence-electron chi connectivity index (χ3n) is 7.72. The molecule has 1 aliphatic heterocycles. The molecule has 3 atom stereocenters. The van der Waals surface area contributed by atoms with Crippen molar-refractivity contribution in [3.05, 3.63) is 83.9 Å². The number of rotatable bonds is 7. The van der Waals surface area contributed by atoms with Gasteiger partial charge in [0.2, 0.25) is 17.7 Å².